The number of hydrogen-bond acceptors (Lipinski definition) is 4. The zero-order valence-electron chi connectivity index (χ0n) is 11.7. The molecule has 2 aromatic rings. The Balaban J connectivity index is 1.86. The maximum absolute atomic E-state index is 9.01. The topological polar surface area (TPSA) is 50.7 Å². The summed E-state index contributed by atoms with van der Waals surface area (Å²) in [5.74, 6) is 2.37. The van der Waals surface area contributed by atoms with Crippen molar-refractivity contribution >= 4 is 6.08 Å². The first-order valence-electron chi connectivity index (χ1n) is 6.86. The molecule has 0 saturated heterocycles. The van der Waals surface area contributed by atoms with Crippen LogP contribution in [0.25, 0.3) is 6.08 Å². The Kier molecular flexibility index (Phi) is 3.90. The van der Waals surface area contributed by atoms with Gasteiger partial charge in [-0.3, -0.25) is 0 Å². The number of hydroxylamine groups is 1. The van der Waals surface area contributed by atoms with Gasteiger partial charge in [0.1, 0.15) is 23.9 Å². The van der Waals surface area contributed by atoms with Gasteiger partial charge in [-0.25, -0.2) is 0 Å². The minimum absolute atomic E-state index is 0.142. The highest BCUT2D eigenvalue weighted by molar-refractivity contribution is 5.65. The van der Waals surface area contributed by atoms with Gasteiger partial charge in [0.05, 0.1) is 6.04 Å². The zero-order chi connectivity index (χ0) is 14.7. The minimum atomic E-state index is -0.142. The normalized spacial score (nSPS) is 14.7. The van der Waals surface area contributed by atoms with Crippen LogP contribution < -0.4 is 15.0 Å². The lowest BCUT2D eigenvalue weighted by Crippen LogP contribution is -2.28. The summed E-state index contributed by atoms with van der Waals surface area (Å²) in [5.41, 5.74) is 4.18. The van der Waals surface area contributed by atoms with Crippen LogP contribution in [0.4, 0.5) is 0 Å². The van der Waals surface area contributed by atoms with Gasteiger partial charge < -0.3 is 14.7 Å². The van der Waals surface area contributed by atoms with Gasteiger partial charge in [-0.15, -0.1) is 0 Å². The van der Waals surface area contributed by atoms with E-state index in [2.05, 4.69) is 5.48 Å². The highest BCUT2D eigenvalue weighted by atomic mass is 16.5. The maximum Gasteiger partial charge on any atom is 0.128 e. The van der Waals surface area contributed by atoms with E-state index in [0.29, 0.717) is 6.61 Å². The van der Waals surface area contributed by atoms with Crippen molar-refractivity contribution in [3.05, 3.63) is 59.7 Å². The number of rotatable bonds is 4. The van der Waals surface area contributed by atoms with Crippen molar-refractivity contribution in [1.82, 2.24) is 5.48 Å². The molecule has 3 rings (SSSR count). The third-order valence-electron chi connectivity index (χ3n) is 3.45. The highest BCUT2D eigenvalue weighted by Gasteiger charge is 2.16. The monoisotopic (exact) mass is 283 g/mol. The van der Waals surface area contributed by atoms with Gasteiger partial charge in [0.15, 0.2) is 0 Å². The summed E-state index contributed by atoms with van der Waals surface area (Å²) < 4.78 is 11.5. The van der Waals surface area contributed by atoms with Gasteiger partial charge in [0.2, 0.25) is 0 Å². The first kappa shape index (κ1) is 13.7. The lowest BCUT2D eigenvalue weighted by atomic mass is 10.0. The first-order chi connectivity index (χ1) is 10.3. The molecule has 4 nitrogen and oxygen atoms in total. The average molecular weight is 283 g/mol. The first-order valence-corrected chi connectivity index (χ1v) is 6.86. The van der Waals surface area contributed by atoms with Crippen LogP contribution in [0.2, 0.25) is 0 Å². The summed E-state index contributed by atoms with van der Waals surface area (Å²) in [4.78, 5) is 0. The zero-order valence-corrected chi connectivity index (χ0v) is 11.7. The molecule has 0 aromatic heterocycles. The third-order valence-corrected chi connectivity index (χ3v) is 3.45. The average Bonchev–Trinajstić information content (AvgIpc) is 2.54. The van der Waals surface area contributed by atoms with E-state index in [0.717, 1.165) is 28.4 Å². The molecule has 0 unspecified atom stereocenters. The van der Waals surface area contributed by atoms with E-state index < -0.39 is 0 Å². The smallest absolute Gasteiger partial charge is 0.128 e. The Bertz CT molecular complexity index is 652. The molecule has 2 N–H and O–H groups in total. The Hall–Kier alpha value is -2.30. The standard InChI is InChI=1S/C17H17NO3/c1-12(18-19)14-9-13-10-16(7-8-17(13)20-11-14)21-15-5-3-2-4-6-15/h2-10,12,18-19H,11H2,1H3/t12-/m0/s1. The Labute approximate surface area is 123 Å². The van der Waals surface area contributed by atoms with Crippen LogP contribution in [0, 0.1) is 0 Å². The van der Waals surface area contributed by atoms with Gasteiger partial charge in [-0.2, -0.15) is 5.48 Å². The molecule has 0 aliphatic carbocycles. The SMILES string of the molecule is C[C@H](NO)C1=Cc2cc(Oc3ccccc3)ccc2OC1. The van der Waals surface area contributed by atoms with Crippen molar-refractivity contribution < 1.29 is 14.7 Å². The molecule has 21 heavy (non-hydrogen) atoms. The van der Waals surface area contributed by atoms with E-state index in [-0.39, 0.29) is 6.04 Å². The highest BCUT2D eigenvalue weighted by Crippen LogP contribution is 2.32. The van der Waals surface area contributed by atoms with Gasteiger partial charge in [-0.05, 0) is 48.9 Å². The predicted octanol–water partition coefficient (Wildman–Crippen LogP) is 3.62. The molecule has 0 fully saturated rings. The number of hydrogen-bond donors (Lipinski definition) is 2. The van der Waals surface area contributed by atoms with Crippen LogP contribution >= 0.6 is 0 Å². The summed E-state index contributed by atoms with van der Waals surface area (Å²) in [5, 5.41) is 9.01. The summed E-state index contributed by atoms with van der Waals surface area (Å²) in [6, 6.07) is 15.2. The number of nitrogens with one attached hydrogen (secondary N) is 1. The van der Waals surface area contributed by atoms with E-state index in [9.17, 15) is 0 Å². The van der Waals surface area contributed by atoms with Crippen LogP contribution in [0.15, 0.2) is 54.1 Å². The van der Waals surface area contributed by atoms with Crippen molar-refractivity contribution in [3.8, 4) is 17.2 Å². The molecule has 1 heterocycles. The van der Waals surface area contributed by atoms with E-state index in [1.807, 2.05) is 61.5 Å². The van der Waals surface area contributed by atoms with Gasteiger partial charge in [0, 0.05) is 5.56 Å². The van der Waals surface area contributed by atoms with Crippen LogP contribution in [0.1, 0.15) is 12.5 Å². The number of fused-ring (bicyclic) bond motifs is 1. The number of para-hydroxylation sites is 1. The molecular formula is C17H17NO3. The fourth-order valence-electron chi connectivity index (χ4n) is 2.19. The molecule has 0 bridgehead atoms. The molecule has 0 spiro atoms. The molecule has 0 amide bonds. The molecule has 1 aliphatic rings. The predicted molar refractivity (Wildman–Crippen MR) is 80.8 cm³/mol. The molecule has 4 heteroatoms. The van der Waals surface area contributed by atoms with Crippen LogP contribution in [-0.2, 0) is 0 Å². The second kappa shape index (κ2) is 5.99. The van der Waals surface area contributed by atoms with Crippen LogP contribution in [-0.4, -0.2) is 17.9 Å². The van der Waals surface area contributed by atoms with Gasteiger partial charge in [0.25, 0.3) is 0 Å². The number of ether oxygens (including phenoxy) is 2. The quantitative estimate of drug-likeness (QED) is 0.841. The Morgan fingerprint density at radius 2 is 1.95 bits per heavy atom. The largest absolute Gasteiger partial charge is 0.489 e. The fraction of sp³-hybridized carbons (Fsp3) is 0.176. The second-order valence-corrected chi connectivity index (χ2v) is 4.97. The summed E-state index contributed by atoms with van der Waals surface area (Å²) in [6.45, 7) is 2.35. The van der Waals surface area contributed by atoms with Crippen LogP contribution in [0.5, 0.6) is 17.2 Å². The minimum Gasteiger partial charge on any atom is -0.489 e. The molecular weight excluding hydrogens is 266 g/mol. The van der Waals surface area contributed by atoms with Crippen molar-refractivity contribution in [3.63, 3.8) is 0 Å². The van der Waals surface area contributed by atoms with Crippen molar-refractivity contribution in [2.75, 3.05) is 6.61 Å². The molecule has 108 valence electrons. The van der Waals surface area contributed by atoms with Crippen molar-refractivity contribution in [2.45, 2.75) is 13.0 Å². The molecule has 0 radical (unpaired) electrons. The van der Waals surface area contributed by atoms with Gasteiger partial charge in [-0.1, -0.05) is 18.2 Å². The number of benzene rings is 2. The van der Waals surface area contributed by atoms with E-state index in [1.54, 1.807) is 0 Å². The molecule has 0 saturated carbocycles. The maximum atomic E-state index is 9.01. The van der Waals surface area contributed by atoms with E-state index in [1.165, 1.54) is 0 Å². The lowest BCUT2D eigenvalue weighted by molar-refractivity contribution is 0.140. The Morgan fingerprint density at radius 3 is 2.71 bits per heavy atom. The van der Waals surface area contributed by atoms with E-state index in [4.69, 9.17) is 14.7 Å². The Morgan fingerprint density at radius 1 is 1.14 bits per heavy atom. The third kappa shape index (κ3) is 3.07. The van der Waals surface area contributed by atoms with Gasteiger partial charge >= 0.3 is 0 Å². The summed E-state index contributed by atoms with van der Waals surface area (Å²) >= 11 is 0. The summed E-state index contributed by atoms with van der Waals surface area (Å²) in [6.07, 6.45) is 2.02. The van der Waals surface area contributed by atoms with Crippen molar-refractivity contribution in [1.29, 1.82) is 0 Å². The summed E-state index contributed by atoms with van der Waals surface area (Å²) in [7, 11) is 0. The fourth-order valence-corrected chi connectivity index (χ4v) is 2.19. The second-order valence-electron chi connectivity index (χ2n) is 4.97. The van der Waals surface area contributed by atoms with E-state index >= 15 is 0 Å². The molecule has 2 aromatic carbocycles. The van der Waals surface area contributed by atoms with Crippen molar-refractivity contribution in [2.24, 2.45) is 0 Å². The lowest BCUT2D eigenvalue weighted by Gasteiger charge is -2.22. The van der Waals surface area contributed by atoms with Crippen LogP contribution in [0.3, 0.4) is 0 Å². The molecule has 1 atom stereocenters. The molecule has 1 aliphatic heterocycles.